The minimum absolute atomic E-state index is 0.175. The first-order chi connectivity index (χ1) is 13.4. The third kappa shape index (κ3) is 3.60. The molecule has 0 spiro atoms. The van der Waals surface area contributed by atoms with Crippen LogP contribution in [0.3, 0.4) is 0 Å². The SMILES string of the molecule is Cc1occc1-c1nnc(SCc2noc(C(C)(C)C)n2)n1-c1ccccc1. The van der Waals surface area contributed by atoms with Crippen LogP contribution in [0.15, 0.2) is 56.8 Å². The van der Waals surface area contributed by atoms with Gasteiger partial charge in [-0.25, -0.2) is 0 Å². The van der Waals surface area contributed by atoms with E-state index in [4.69, 9.17) is 8.94 Å². The van der Waals surface area contributed by atoms with Crippen molar-refractivity contribution in [3.8, 4) is 17.1 Å². The zero-order valence-corrected chi connectivity index (χ0v) is 17.0. The Balaban J connectivity index is 1.67. The number of hydrogen-bond donors (Lipinski definition) is 0. The Bertz CT molecular complexity index is 1080. The Morgan fingerprint density at radius 3 is 2.50 bits per heavy atom. The maximum absolute atomic E-state index is 5.46. The highest BCUT2D eigenvalue weighted by Crippen LogP contribution is 2.31. The van der Waals surface area contributed by atoms with Gasteiger partial charge in [-0.3, -0.25) is 4.57 Å². The summed E-state index contributed by atoms with van der Waals surface area (Å²) in [7, 11) is 0. The molecule has 0 fully saturated rings. The van der Waals surface area contributed by atoms with E-state index >= 15 is 0 Å². The van der Waals surface area contributed by atoms with Gasteiger partial charge in [0.1, 0.15) is 5.76 Å². The molecule has 28 heavy (non-hydrogen) atoms. The largest absolute Gasteiger partial charge is 0.469 e. The highest BCUT2D eigenvalue weighted by molar-refractivity contribution is 7.98. The van der Waals surface area contributed by atoms with E-state index in [0.29, 0.717) is 17.5 Å². The van der Waals surface area contributed by atoms with Crippen molar-refractivity contribution < 1.29 is 8.94 Å². The zero-order valence-electron chi connectivity index (χ0n) is 16.2. The Morgan fingerprint density at radius 2 is 1.86 bits per heavy atom. The Kier molecular flexibility index (Phi) is 4.80. The lowest BCUT2D eigenvalue weighted by Gasteiger charge is -2.10. The van der Waals surface area contributed by atoms with E-state index in [2.05, 4.69) is 20.3 Å². The van der Waals surface area contributed by atoms with E-state index < -0.39 is 0 Å². The van der Waals surface area contributed by atoms with Gasteiger partial charge in [-0.1, -0.05) is 55.9 Å². The lowest BCUT2D eigenvalue weighted by molar-refractivity contribution is 0.319. The quantitative estimate of drug-likeness (QED) is 0.448. The van der Waals surface area contributed by atoms with Crippen molar-refractivity contribution in [1.29, 1.82) is 0 Å². The average molecular weight is 395 g/mol. The van der Waals surface area contributed by atoms with Crippen molar-refractivity contribution in [2.75, 3.05) is 0 Å². The van der Waals surface area contributed by atoms with Crippen LogP contribution in [0.4, 0.5) is 0 Å². The lowest BCUT2D eigenvalue weighted by atomic mass is 9.97. The topological polar surface area (TPSA) is 82.8 Å². The van der Waals surface area contributed by atoms with E-state index in [-0.39, 0.29) is 5.41 Å². The molecule has 0 N–H and O–H groups in total. The molecule has 0 aliphatic rings. The smallest absolute Gasteiger partial charge is 0.232 e. The molecule has 0 unspecified atom stereocenters. The lowest BCUT2D eigenvalue weighted by Crippen LogP contribution is -2.11. The molecule has 4 rings (SSSR count). The summed E-state index contributed by atoms with van der Waals surface area (Å²) >= 11 is 1.52. The first kappa shape index (κ1) is 18.5. The number of thioether (sulfide) groups is 1. The van der Waals surface area contributed by atoms with Crippen molar-refractivity contribution in [2.24, 2.45) is 0 Å². The molecule has 3 aromatic heterocycles. The number of para-hydroxylation sites is 1. The van der Waals surface area contributed by atoms with Gasteiger partial charge < -0.3 is 8.94 Å². The predicted octanol–water partition coefficient (Wildman–Crippen LogP) is 4.81. The number of furan rings is 1. The second-order valence-corrected chi connectivity index (χ2v) is 8.36. The number of aromatic nitrogens is 5. The van der Waals surface area contributed by atoms with Gasteiger partial charge in [0, 0.05) is 11.1 Å². The van der Waals surface area contributed by atoms with Crippen molar-refractivity contribution in [3.63, 3.8) is 0 Å². The Morgan fingerprint density at radius 1 is 1.07 bits per heavy atom. The second-order valence-electron chi connectivity index (χ2n) is 7.42. The van der Waals surface area contributed by atoms with Gasteiger partial charge in [0.15, 0.2) is 16.8 Å². The van der Waals surface area contributed by atoms with E-state index in [0.717, 1.165) is 28.0 Å². The maximum Gasteiger partial charge on any atom is 0.232 e. The van der Waals surface area contributed by atoms with E-state index in [1.165, 1.54) is 11.8 Å². The fraction of sp³-hybridized carbons (Fsp3) is 0.300. The molecule has 0 aliphatic heterocycles. The van der Waals surface area contributed by atoms with Crippen LogP contribution in [0.5, 0.6) is 0 Å². The normalized spacial score (nSPS) is 11.9. The number of benzene rings is 1. The number of aryl methyl sites for hydroxylation is 1. The van der Waals surface area contributed by atoms with Crippen LogP contribution in [0.2, 0.25) is 0 Å². The number of rotatable bonds is 5. The molecule has 7 nitrogen and oxygen atoms in total. The summed E-state index contributed by atoms with van der Waals surface area (Å²) < 4.78 is 12.9. The third-order valence-electron chi connectivity index (χ3n) is 4.19. The van der Waals surface area contributed by atoms with Crippen LogP contribution in [0.1, 0.15) is 38.2 Å². The van der Waals surface area contributed by atoms with Gasteiger partial charge in [0.2, 0.25) is 5.89 Å². The van der Waals surface area contributed by atoms with E-state index in [1.807, 2.05) is 68.7 Å². The van der Waals surface area contributed by atoms with Gasteiger partial charge >= 0.3 is 0 Å². The molecule has 0 radical (unpaired) electrons. The molecule has 8 heteroatoms. The molecule has 0 atom stereocenters. The van der Waals surface area contributed by atoms with Crippen LogP contribution in [-0.4, -0.2) is 24.9 Å². The molecule has 3 heterocycles. The molecule has 4 aromatic rings. The second kappa shape index (κ2) is 7.27. The summed E-state index contributed by atoms with van der Waals surface area (Å²) in [6.07, 6.45) is 1.66. The van der Waals surface area contributed by atoms with Gasteiger partial charge in [-0.2, -0.15) is 4.98 Å². The molecule has 144 valence electrons. The maximum atomic E-state index is 5.46. The molecule has 0 saturated carbocycles. The fourth-order valence-corrected chi connectivity index (χ4v) is 3.51. The van der Waals surface area contributed by atoms with Gasteiger partial charge in [-0.15, -0.1) is 10.2 Å². The molecule has 0 bridgehead atoms. The first-order valence-electron chi connectivity index (χ1n) is 8.94. The number of hydrogen-bond acceptors (Lipinski definition) is 7. The monoisotopic (exact) mass is 395 g/mol. The van der Waals surface area contributed by atoms with Crippen molar-refractivity contribution in [1.82, 2.24) is 24.9 Å². The minimum atomic E-state index is -0.175. The summed E-state index contributed by atoms with van der Waals surface area (Å²) in [5, 5.41) is 13.7. The van der Waals surface area contributed by atoms with Crippen LogP contribution in [-0.2, 0) is 11.2 Å². The van der Waals surface area contributed by atoms with Crippen molar-refractivity contribution in [3.05, 3.63) is 60.1 Å². The van der Waals surface area contributed by atoms with Gasteiger partial charge in [-0.05, 0) is 25.1 Å². The first-order valence-corrected chi connectivity index (χ1v) is 9.93. The van der Waals surface area contributed by atoms with Crippen LogP contribution in [0.25, 0.3) is 17.1 Å². The molecule has 1 aromatic carbocycles. The summed E-state index contributed by atoms with van der Waals surface area (Å²) in [4.78, 5) is 4.50. The van der Waals surface area contributed by atoms with Crippen LogP contribution >= 0.6 is 11.8 Å². The van der Waals surface area contributed by atoms with Gasteiger partial charge in [0.25, 0.3) is 0 Å². The molecule has 0 aliphatic carbocycles. The summed E-state index contributed by atoms with van der Waals surface area (Å²) in [5.41, 5.74) is 1.72. The highest BCUT2D eigenvalue weighted by Gasteiger charge is 2.23. The molecule has 0 amide bonds. The highest BCUT2D eigenvalue weighted by atomic mass is 32.2. The van der Waals surface area contributed by atoms with Crippen LogP contribution < -0.4 is 0 Å². The average Bonchev–Trinajstić information content (AvgIpc) is 3.39. The van der Waals surface area contributed by atoms with E-state index in [1.54, 1.807) is 6.26 Å². The van der Waals surface area contributed by atoms with Gasteiger partial charge in [0.05, 0.1) is 17.6 Å². The van der Waals surface area contributed by atoms with E-state index in [9.17, 15) is 0 Å². The predicted molar refractivity (Wildman–Crippen MR) is 106 cm³/mol. The Hall–Kier alpha value is -2.87. The standard InChI is InChI=1S/C20H21N5O2S/c1-13-15(10-11-26-13)17-22-23-19(25(17)14-8-6-5-7-9-14)28-12-16-21-18(27-24-16)20(2,3)4/h5-11H,12H2,1-4H3. The van der Waals surface area contributed by atoms with Crippen molar-refractivity contribution >= 4 is 11.8 Å². The number of nitrogens with zero attached hydrogens (tertiary/aromatic N) is 5. The summed E-state index contributed by atoms with van der Waals surface area (Å²) in [6.45, 7) is 8.05. The Labute approximate surface area is 167 Å². The molecular formula is C20H21N5O2S. The van der Waals surface area contributed by atoms with Crippen molar-refractivity contribution in [2.45, 2.75) is 44.0 Å². The molecular weight excluding hydrogens is 374 g/mol. The van der Waals surface area contributed by atoms with Crippen LogP contribution in [0, 0.1) is 6.92 Å². The fourth-order valence-electron chi connectivity index (χ4n) is 2.71. The third-order valence-corrected chi connectivity index (χ3v) is 5.11. The molecule has 0 saturated heterocycles. The zero-order chi connectivity index (χ0) is 19.7. The summed E-state index contributed by atoms with van der Waals surface area (Å²) in [6, 6.07) is 11.9. The minimum Gasteiger partial charge on any atom is -0.469 e. The summed E-state index contributed by atoms with van der Waals surface area (Å²) in [5.74, 6) is 3.34.